The average molecular weight is 371 g/mol. The summed E-state index contributed by atoms with van der Waals surface area (Å²) in [7, 11) is -2.25. The molecule has 0 fully saturated rings. The van der Waals surface area contributed by atoms with Gasteiger partial charge >= 0.3 is 0 Å². The normalized spacial score (nSPS) is 11.5. The Bertz CT molecular complexity index is 849. The van der Waals surface area contributed by atoms with Crippen LogP contribution in [0.15, 0.2) is 28.5 Å². The van der Waals surface area contributed by atoms with E-state index in [0.717, 1.165) is 23.2 Å². The van der Waals surface area contributed by atoms with Gasteiger partial charge in [-0.2, -0.15) is 0 Å². The van der Waals surface area contributed by atoms with E-state index in [1.54, 1.807) is 6.92 Å². The summed E-state index contributed by atoms with van der Waals surface area (Å²) in [4.78, 5) is 17.9. The van der Waals surface area contributed by atoms with Gasteiger partial charge in [0, 0.05) is 19.0 Å². The number of sulfonamides is 1. The van der Waals surface area contributed by atoms with E-state index in [9.17, 15) is 17.6 Å². The summed E-state index contributed by atoms with van der Waals surface area (Å²) in [6, 6.07) is 3.17. The van der Waals surface area contributed by atoms with Crippen LogP contribution >= 0.6 is 11.3 Å². The van der Waals surface area contributed by atoms with Crippen molar-refractivity contribution in [1.82, 2.24) is 14.6 Å². The first-order valence-corrected chi connectivity index (χ1v) is 9.56. The molecule has 6 nitrogen and oxygen atoms in total. The van der Waals surface area contributed by atoms with Crippen LogP contribution in [0.3, 0.4) is 0 Å². The number of carbonyl (C=O) groups excluding carboxylic acids is 1. The lowest BCUT2D eigenvalue weighted by molar-refractivity contribution is 0.0778. The van der Waals surface area contributed by atoms with Crippen molar-refractivity contribution in [2.45, 2.75) is 25.3 Å². The Labute approximate surface area is 144 Å². The summed E-state index contributed by atoms with van der Waals surface area (Å²) in [5.41, 5.74) is 0.411. The second kappa shape index (κ2) is 7.37. The maximum absolute atomic E-state index is 14.0. The van der Waals surface area contributed by atoms with Crippen molar-refractivity contribution in [3.05, 3.63) is 45.7 Å². The van der Waals surface area contributed by atoms with Gasteiger partial charge in [-0.25, -0.2) is 22.5 Å². The standard InChI is InChI=1S/C15H18FN3O3S2/c1-4-17-24(21,22)12-5-6-14(16)13(7-12)15(20)19(3)8-11-9-23-10(2)18-11/h5-7,9,17H,4,8H2,1-3H3. The molecule has 130 valence electrons. The smallest absolute Gasteiger partial charge is 0.256 e. The Hall–Kier alpha value is -1.84. The van der Waals surface area contributed by atoms with Crippen LogP contribution < -0.4 is 4.72 Å². The van der Waals surface area contributed by atoms with Crippen LogP contribution in [0, 0.1) is 12.7 Å². The highest BCUT2D eigenvalue weighted by Crippen LogP contribution is 2.18. The van der Waals surface area contributed by atoms with E-state index in [1.165, 1.54) is 23.3 Å². The van der Waals surface area contributed by atoms with Gasteiger partial charge in [0.15, 0.2) is 0 Å². The highest BCUT2D eigenvalue weighted by Gasteiger charge is 2.21. The van der Waals surface area contributed by atoms with E-state index >= 15 is 0 Å². The van der Waals surface area contributed by atoms with Gasteiger partial charge in [-0.1, -0.05) is 6.92 Å². The topological polar surface area (TPSA) is 79.4 Å². The van der Waals surface area contributed by atoms with Gasteiger partial charge in [0.1, 0.15) is 5.82 Å². The number of nitrogens with one attached hydrogen (secondary N) is 1. The number of aromatic nitrogens is 1. The average Bonchev–Trinajstić information content (AvgIpc) is 2.91. The molecular formula is C15H18FN3O3S2. The molecule has 0 aliphatic rings. The number of benzene rings is 1. The Balaban J connectivity index is 2.28. The molecule has 1 heterocycles. The van der Waals surface area contributed by atoms with Crippen molar-refractivity contribution < 1.29 is 17.6 Å². The van der Waals surface area contributed by atoms with E-state index < -0.39 is 21.7 Å². The molecular weight excluding hydrogens is 353 g/mol. The zero-order valence-electron chi connectivity index (χ0n) is 13.5. The summed E-state index contributed by atoms with van der Waals surface area (Å²) in [5.74, 6) is -1.37. The molecule has 0 aliphatic carbocycles. The zero-order valence-corrected chi connectivity index (χ0v) is 15.2. The third kappa shape index (κ3) is 4.16. The van der Waals surface area contributed by atoms with Crippen LogP contribution in [0.5, 0.6) is 0 Å². The quantitative estimate of drug-likeness (QED) is 0.844. The van der Waals surface area contributed by atoms with Crippen molar-refractivity contribution in [3.8, 4) is 0 Å². The number of aryl methyl sites for hydroxylation is 1. The Morgan fingerprint density at radius 1 is 1.42 bits per heavy atom. The Morgan fingerprint density at radius 3 is 2.71 bits per heavy atom. The Morgan fingerprint density at radius 2 is 2.12 bits per heavy atom. The van der Waals surface area contributed by atoms with Crippen LogP contribution in [0.4, 0.5) is 4.39 Å². The predicted molar refractivity (Wildman–Crippen MR) is 89.9 cm³/mol. The van der Waals surface area contributed by atoms with Gasteiger partial charge in [-0.05, 0) is 25.1 Å². The van der Waals surface area contributed by atoms with Crippen molar-refractivity contribution in [2.75, 3.05) is 13.6 Å². The monoisotopic (exact) mass is 371 g/mol. The molecule has 0 bridgehead atoms. The van der Waals surface area contributed by atoms with E-state index in [4.69, 9.17) is 0 Å². The van der Waals surface area contributed by atoms with Gasteiger partial charge in [0.05, 0.1) is 27.7 Å². The van der Waals surface area contributed by atoms with Gasteiger partial charge in [-0.3, -0.25) is 4.79 Å². The van der Waals surface area contributed by atoms with Crippen LogP contribution in [0.2, 0.25) is 0 Å². The van der Waals surface area contributed by atoms with Gasteiger partial charge in [0.25, 0.3) is 5.91 Å². The molecule has 2 aromatic rings. The van der Waals surface area contributed by atoms with E-state index in [-0.39, 0.29) is 23.5 Å². The molecule has 0 saturated carbocycles. The second-order valence-corrected chi connectivity index (χ2v) is 7.99. The first kappa shape index (κ1) is 18.5. The zero-order chi connectivity index (χ0) is 17.9. The van der Waals surface area contributed by atoms with E-state index in [2.05, 4.69) is 9.71 Å². The lowest BCUT2D eigenvalue weighted by atomic mass is 10.2. The summed E-state index contributed by atoms with van der Waals surface area (Å²) in [6.07, 6.45) is 0. The summed E-state index contributed by atoms with van der Waals surface area (Å²) >= 11 is 1.46. The van der Waals surface area contributed by atoms with Crippen molar-refractivity contribution >= 4 is 27.3 Å². The number of carbonyl (C=O) groups is 1. The highest BCUT2D eigenvalue weighted by atomic mass is 32.2. The number of halogens is 1. The van der Waals surface area contributed by atoms with Crippen LogP contribution in [0.25, 0.3) is 0 Å². The van der Waals surface area contributed by atoms with Gasteiger partial charge in [0.2, 0.25) is 10.0 Å². The van der Waals surface area contributed by atoms with Crippen molar-refractivity contribution in [3.63, 3.8) is 0 Å². The number of thiazole rings is 1. The second-order valence-electron chi connectivity index (χ2n) is 5.16. The number of amides is 1. The number of rotatable bonds is 6. The van der Waals surface area contributed by atoms with Gasteiger partial charge < -0.3 is 4.90 Å². The molecule has 9 heteroatoms. The summed E-state index contributed by atoms with van der Waals surface area (Å²) < 4.78 is 40.4. The van der Waals surface area contributed by atoms with Crippen molar-refractivity contribution in [2.24, 2.45) is 0 Å². The first-order valence-electron chi connectivity index (χ1n) is 7.20. The fourth-order valence-electron chi connectivity index (χ4n) is 2.11. The lowest BCUT2D eigenvalue weighted by Crippen LogP contribution is -2.28. The molecule has 2 rings (SSSR count). The Kier molecular flexibility index (Phi) is 5.68. The molecule has 24 heavy (non-hydrogen) atoms. The molecule has 1 aromatic carbocycles. The maximum atomic E-state index is 14.0. The van der Waals surface area contributed by atoms with Gasteiger partial charge in [-0.15, -0.1) is 11.3 Å². The third-order valence-corrected chi connectivity index (χ3v) is 5.59. The number of nitrogens with zero attached hydrogens (tertiary/aromatic N) is 2. The molecule has 0 unspecified atom stereocenters. The van der Waals surface area contributed by atoms with Crippen LogP contribution in [-0.4, -0.2) is 37.8 Å². The SMILES string of the molecule is CCNS(=O)(=O)c1ccc(F)c(C(=O)N(C)Cc2csc(C)n2)c1. The molecule has 1 amide bonds. The minimum absolute atomic E-state index is 0.146. The molecule has 0 saturated heterocycles. The predicted octanol–water partition coefficient (Wildman–Crippen LogP) is 2.16. The first-order chi connectivity index (χ1) is 11.2. The lowest BCUT2D eigenvalue weighted by Gasteiger charge is -2.17. The number of hydrogen-bond donors (Lipinski definition) is 1. The molecule has 1 aromatic heterocycles. The maximum Gasteiger partial charge on any atom is 0.256 e. The van der Waals surface area contributed by atoms with E-state index in [1.807, 2.05) is 12.3 Å². The summed E-state index contributed by atoms with van der Waals surface area (Å²) in [6.45, 7) is 3.90. The molecule has 1 N–H and O–H groups in total. The molecule has 0 atom stereocenters. The van der Waals surface area contributed by atoms with Crippen molar-refractivity contribution in [1.29, 1.82) is 0 Å². The minimum Gasteiger partial charge on any atom is -0.336 e. The largest absolute Gasteiger partial charge is 0.336 e. The third-order valence-electron chi connectivity index (χ3n) is 3.23. The molecule has 0 spiro atoms. The van der Waals surface area contributed by atoms with Crippen LogP contribution in [-0.2, 0) is 16.6 Å². The molecule has 0 radical (unpaired) electrons. The highest BCUT2D eigenvalue weighted by molar-refractivity contribution is 7.89. The number of hydrogen-bond acceptors (Lipinski definition) is 5. The van der Waals surface area contributed by atoms with E-state index in [0.29, 0.717) is 5.69 Å². The fourth-order valence-corrected chi connectivity index (χ4v) is 3.78. The van der Waals surface area contributed by atoms with Crippen LogP contribution in [0.1, 0.15) is 28.0 Å². The molecule has 0 aliphatic heterocycles. The minimum atomic E-state index is -3.76. The summed E-state index contributed by atoms with van der Waals surface area (Å²) in [5, 5.41) is 2.69. The fraction of sp³-hybridized carbons (Fsp3) is 0.333.